The van der Waals surface area contributed by atoms with Gasteiger partial charge in [0.25, 0.3) is 5.91 Å². The molecule has 2 atom stereocenters. The van der Waals surface area contributed by atoms with Crippen molar-refractivity contribution < 1.29 is 14.3 Å². The van der Waals surface area contributed by atoms with E-state index in [0.717, 1.165) is 29.6 Å². The molecule has 0 bridgehead atoms. The molecule has 2 saturated carbocycles. The van der Waals surface area contributed by atoms with Crippen molar-refractivity contribution in [3.05, 3.63) is 23.5 Å². The minimum absolute atomic E-state index is 0.277. The molecular weight excluding hydrogens is 332 g/mol. The maximum absolute atomic E-state index is 12.8. The number of fused-ring (bicyclic) bond motifs is 1. The van der Waals surface area contributed by atoms with Crippen LogP contribution in [0.4, 0.5) is 0 Å². The van der Waals surface area contributed by atoms with Gasteiger partial charge in [-0.05, 0) is 51.5 Å². The minimum Gasteiger partial charge on any atom is -0.467 e. The van der Waals surface area contributed by atoms with Crippen LogP contribution in [-0.4, -0.2) is 39.8 Å². The van der Waals surface area contributed by atoms with Crippen LogP contribution < -0.4 is 5.32 Å². The zero-order valence-electron chi connectivity index (χ0n) is 15.4. The molecule has 0 unspecified atom stereocenters. The third kappa shape index (κ3) is 3.06. The molecular formula is C19H24N4O3. The van der Waals surface area contributed by atoms with Gasteiger partial charge in [-0.25, -0.2) is 14.5 Å². The third-order valence-electron chi connectivity index (χ3n) is 5.42. The lowest BCUT2D eigenvalue weighted by molar-refractivity contribution is -0.142. The summed E-state index contributed by atoms with van der Waals surface area (Å²) >= 11 is 0. The molecule has 138 valence electrons. The van der Waals surface area contributed by atoms with Crippen molar-refractivity contribution in [1.82, 2.24) is 20.1 Å². The summed E-state index contributed by atoms with van der Waals surface area (Å²) in [6.45, 7) is 3.77. The van der Waals surface area contributed by atoms with Crippen LogP contribution in [0.3, 0.4) is 0 Å². The van der Waals surface area contributed by atoms with Crippen LogP contribution in [0.2, 0.25) is 0 Å². The first-order valence-corrected chi connectivity index (χ1v) is 9.26. The summed E-state index contributed by atoms with van der Waals surface area (Å²) in [7, 11) is 1.31. The lowest BCUT2D eigenvalue weighted by atomic mass is 10.1. The van der Waals surface area contributed by atoms with Gasteiger partial charge in [0, 0.05) is 11.6 Å². The first-order chi connectivity index (χ1) is 12.5. The van der Waals surface area contributed by atoms with Gasteiger partial charge in [0.15, 0.2) is 5.65 Å². The summed E-state index contributed by atoms with van der Waals surface area (Å²) < 4.78 is 6.65. The van der Waals surface area contributed by atoms with Crippen LogP contribution >= 0.6 is 0 Å². The summed E-state index contributed by atoms with van der Waals surface area (Å²) in [4.78, 5) is 29.3. The molecule has 2 aromatic heterocycles. The van der Waals surface area contributed by atoms with E-state index in [9.17, 15) is 9.59 Å². The van der Waals surface area contributed by atoms with Crippen molar-refractivity contribution in [1.29, 1.82) is 0 Å². The fraction of sp³-hybridized carbons (Fsp3) is 0.579. The van der Waals surface area contributed by atoms with Gasteiger partial charge in [0.1, 0.15) is 6.04 Å². The number of carbonyl (C=O) groups is 2. The molecule has 0 radical (unpaired) electrons. The van der Waals surface area contributed by atoms with E-state index in [4.69, 9.17) is 9.72 Å². The molecule has 0 aliphatic heterocycles. The van der Waals surface area contributed by atoms with E-state index in [1.807, 2.05) is 10.7 Å². The van der Waals surface area contributed by atoms with E-state index in [-0.39, 0.29) is 11.9 Å². The summed E-state index contributed by atoms with van der Waals surface area (Å²) in [5, 5.41) is 7.99. The van der Waals surface area contributed by atoms with E-state index in [0.29, 0.717) is 17.4 Å². The van der Waals surface area contributed by atoms with Crippen LogP contribution in [0.25, 0.3) is 11.0 Å². The number of rotatable bonds is 6. The number of nitrogens with one attached hydrogen (secondary N) is 1. The Morgan fingerprint density at radius 2 is 2.00 bits per heavy atom. The van der Waals surface area contributed by atoms with Gasteiger partial charge in [-0.1, -0.05) is 0 Å². The molecule has 0 aromatic carbocycles. The van der Waals surface area contributed by atoms with Crippen molar-refractivity contribution >= 4 is 22.9 Å². The highest BCUT2D eigenvalue weighted by Gasteiger charge is 2.33. The zero-order valence-corrected chi connectivity index (χ0v) is 15.4. The number of ether oxygens (including phenoxy) is 1. The SMILES string of the molecule is COC(=O)[C@H](C)NC(=O)c1cc(C2CC2)nc2c1cnn2[C@H](C)C1CC1. The largest absolute Gasteiger partial charge is 0.467 e. The summed E-state index contributed by atoms with van der Waals surface area (Å²) in [5.41, 5.74) is 2.24. The molecule has 4 rings (SSSR count). The maximum atomic E-state index is 12.8. The minimum atomic E-state index is -0.708. The van der Waals surface area contributed by atoms with Gasteiger partial charge in [0.2, 0.25) is 0 Å². The highest BCUT2D eigenvalue weighted by Crippen LogP contribution is 2.42. The molecule has 2 aliphatic carbocycles. The molecule has 0 spiro atoms. The van der Waals surface area contributed by atoms with E-state index in [1.165, 1.54) is 20.0 Å². The summed E-state index contributed by atoms with van der Waals surface area (Å²) in [6.07, 6.45) is 6.36. The van der Waals surface area contributed by atoms with Crippen molar-refractivity contribution in [2.24, 2.45) is 5.92 Å². The molecule has 1 N–H and O–H groups in total. The first kappa shape index (κ1) is 17.0. The number of nitrogens with zero attached hydrogens (tertiary/aromatic N) is 3. The van der Waals surface area contributed by atoms with Crippen LogP contribution in [0, 0.1) is 5.92 Å². The van der Waals surface area contributed by atoms with E-state index in [1.54, 1.807) is 13.1 Å². The van der Waals surface area contributed by atoms with E-state index < -0.39 is 12.0 Å². The number of carbonyl (C=O) groups excluding carboxylic acids is 2. The number of amides is 1. The number of hydrogen-bond donors (Lipinski definition) is 1. The Balaban J connectivity index is 1.73. The normalized spacial score (nSPS) is 19.2. The van der Waals surface area contributed by atoms with Gasteiger partial charge < -0.3 is 10.1 Å². The van der Waals surface area contributed by atoms with Gasteiger partial charge in [-0.2, -0.15) is 5.10 Å². The molecule has 26 heavy (non-hydrogen) atoms. The van der Waals surface area contributed by atoms with Crippen molar-refractivity contribution in [2.75, 3.05) is 7.11 Å². The van der Waals surface area contributed by atoms with Crippen LogP contribution in [-0.2, 0) is 9.53 Å². The quantitative estimate of drug-likeness (QED) is 0.804. The smallest absolute Gasteiger partial charge is 0.328 e. The highest BCUT2D eigenvalue weighted by atomic mass is 16.5. The average molecular weight is 356 g/mol. The number of esters is 1. The first-order valence-electron chi connectivity index (χ1n) is 9.26. The number of methoxy groups -OCH3 is 1. The second kappa shape index (κ2) is 6.37. The molecule has 7 nitrogen and oxygen atoms in total. The molecule has 2 fully saturated rings. The Morgan fingerprint density at radius 1 is 1.27 bits per heavy atom. The molecule has 0 saturated heterocycles. The Labute approximate surface area is 152 Å². The number of pyridine rings is 1. The monoisotopic (exact) mass is 356 g/mol. The van der Waals surface area contributed by atoms with E-state index in [2.05, 4.69) is 17.3 Å². The molecule has 2 heterocycles. The Kier molecular flexibility index (Phi) is 4.17. The van der Waals surface area contributed by atoms with Gasteiger partial charge in [-0.15, -0.1) is 0 Å². The van der Waals surface area contributed by atoms with Gasteiger partial charge in [-0.3, -0.25) is 4.79 Å². The fourth-order valence-electron chi connectivity index (χ4n) is 3.40. The predicted molar refractivity (Wildman–Crippen MR) is 95.9 cm³/mol. The van der Waals surface area contributed by atoms with E-state index >= 15 is 0 Å². The predicted octanol–water partition coefficient (Wildman–Crippen LogP) is 2.57. The number of aromatic nitrogens is 3. The average Bonchev–Trinajstić information content (AvgIpc) is 3.55. The third-order valence-corrected chi connectivity index (χ3v) is 5.42. The highest BCUT2D eigenvalue weighted by molar-refractivity contribution is 6.06. The Hall–Kier alpha value is -2.44. The standard InChI is InChI=1S/C19H24N4O3/c1-10(19(25)26-3)21-18(24)14-8-16(13-6-7-13)22-17-15(14)9-20-23(17)11(2)12-4-5-12/h8-13H,4-7H2,1-3H3,(H,21,24)/t10-,11+/m0/s1. The summed E-state index contributed by atoms with van der Waals surface area (Å²) in [6, 6.07) is 1.42. The Bertz CT molecular complexity index is 867. The van der Waals surface area contributed by atoms with Crippen LogP contribution in [0.5, 0.6) is 0 Å². The molecule has 1 amide bonds. The molecule has 2 aliphatic rings. The topological polar surface area (TPSA) is 86.1 Å². The number of hydrogen-bond acceptors (Lipinski definition) is 5. The van der Waals surface area contributed by atoms with Gasteiger partial charge >= 0.3 is 5.97 Å². The summed E-state index contributed by atoms with van der Waals surface area (Å²) in [5.74, 6) is 0.296. The molecule has 2 aromatic rings. The lowest BCUT2D eigenvalue weighted by Gasteiger charge is -2.14. The zero-order chi connectivity index (χ0) is 18.4. The second-order valence-electron chi connectivity index (χ2n) is 7.49. The Morgan fingerprint density at radius 3 is 2.62 bits per heavy atom. The lowest BCUT2D eigenvalue weighted by Crippen LogP contribution is -2.39. The van der Waals surface area contributed by atoms with Gasteiger partial charge in [0.05, 0.1) is 30.3 Å². The second-order valence-corrected chi connectivity index (χ2v) is 7.49. The fourth-order valence-corrected chi connectivity index (χ4v) is 3.40. The van der Waals surface area contributed by atoms with Crippen LogP contribution in [0.1, 0.15) is 67.5 Å². The molecule has 7 heteroatoms. The van der Waals surface area contributed by atoms with Crippen molar-refractivity contribution in [2.45, 2.75) is 57.5 Å². The maximum Gasteiger partial charge on any atom is 0.328 e. The van der Waals surface area contributed by atoms with Crippen molar-refractivity contribution in [3.63, 3.8) is 0 Å². The van der Waals surface area contributed by atoms with Crippen molar-refractivity contribution in [3.8, 4) is 0 Å². The van der Waals surface area contributed by atoms with Crippen LogP contribution in [0.15, 0.2) is 12.3 Å².